The van der Waals surface area contributed by atoms with Gasteiger partial charge in [-0.1, -0.05) is 12.1 Å². The van der Waals surface area contributed by atoms with Gasteiger partial charge in [0.05, 0.1) is 12.2 Å². The van der Waals surface area contributed by atoms with Crippen LogP contribution in [0, 0.1) is 0 Å². The molecule has 0 saturated carbocycles. The van der Waals surface area contributed by atoms with Gasteiger partial charge in [0.1, 0.15) is 6.10 Å². The number of aromatic amines is 1. The van der Waals surface area contributed by atoms with Gasteiger partial charge in [-0.25, -0.2) is 0 Å². The van der Waals surface area contributed by atoms with Crippen molar-refractivity contribution in [1.82, 2.24) is 9.88 Å². The van der Waals surface area contributed by atoms with Crippen LogP contribution in [0.4, 0.5) is 0 Å². The molecule has 132 valence electrons. The highest BCUT2D eigenvalue weighted by Gasteiger charge is 2.25. The maximum Gasteiger partial charge on any atom is 0.255 e. The van der Waals surface area contributed by atoms with Gasteiger partial charge in [-0.2, -0.15) is 0 Å². The Kier molecular flexibility index (Phi) is 5.38. The number of ether oxygens (including phenoxy) is 2. The standard InChI is InChI=1S/C19H22N2O4/c1-2-24-16-5-3-4-6-17(16)25-15-9-11-21(12-10-15)19(23)14-7-8-18(22)20-13-14/h3-8,13,15H,2,9-12H2,1H3,(H,20,22). The lowest BCUT2D eigenvalue weighted by Gasteiger charge is -2.32. The number of piperidine rings is 1. The monoisotopic (exact) mass is 342 g/mol. The Morgan fingerprint density at radius 2 is 1.88 bits per heavy atom. The predicted octanol–water partition coefficient (Wildman–Crippen LogP) is 2.46. The molecule has 1 aliphatic heterocycles. The van der Waals surface area contributed by atoms with Gasteiger partial charge in [-0.3, -0.25) is 9.59 Å². The van der Waals surface area contributed by atoms with Gasteiger partial charge >= 0.3 is 0 Å². The molecule has 0 aliphatic carbocycles. The number of likely N-dealkylation sites (tertiary alicyclic amines) is 1. The third-order valence-corrected chi connectivity index (χ3v) is 4.20. The Labute approximate surface area is 146 Å². The highest BCUT2D eigenvalue weighted by molar-refractivity contribution is 5.93. The summed E-state index contributed by atoms with van der Waals surface area (Å²) in [6.45, 7) is 3.78. The molecule has 0 atom stereocenters. The highest BCUT2D eigenvalue weighted by Crippen LogP contribution is 2.29. The minimum Gasteiger partial charge on any atom is -0.490 e. The number of nitrogens with zero attached hydrogens (tertiary/aromatic N) is 1. The number of benzene rings is 1. The van der Waals surface area contributed by atoms with E-state index in [0.717, 1.165) is 24.3 Å². The first-order chi connectivity index (χ1) is 12.2. The molecule has 0 radical (unpaired) electrons. The minimum absolute atomic E-state index is 0.0567. The number of para-hydroxylation sites is 2. The number of aromatic nitrogens is 1. The Morgan fingerprint density at radius 1 is 1.16 bits per heavy atom. The summed E-state index contributed by atoms with van der Waals surface area (Å²) in [5.41, 5.74) is 0.289. The molecule has 1 fully saturated rings. The molecule has 0 unspecified atom stereocenters. The van der Waals surface area contributed by atoms with Crippen molar-refractivity contribution in [3.8, 4) is 11.5 Å². The Hall–Kier alpha value is -2.76. The third kappa shape index (κ3) is 4.21. The van der Waals surface area contributed by atoms with Crippen molar-refractivity contribution >= 4 is 5.91 Å². The summed E-state index contributed by atoms with van der Waals surface area (Å²) in [5, 5.41) is 0. The molecule has 1 N–H and O–H groups in total. The average Bonchev–Trinajstić information content (AvgIpc) is 2.64. The van der Waals surface area contributed by atoms with E-state index in [1.807, 2.05) is 31.2 Å². The number of carbonyl (C=O) groups excluding carboxylic acids is 1. The number of hydrogen-bond donors (Lipinski definition) is 1. The molecule has 25 heavy (non-hydrogen) atoms. The third-order valence-electron chi connectivity index (χ3n) is 4.20. The van der Waals surface area contributed by atoms with Crippen molar-refractivity contribution in [2.75, 3.05) is 19.7 Å². The second-order valence-electron chi connectivity index (χ2n) is 5.93. The molecule has 0 spiro atoms. The normalized spacial score (nSPS) is 15.0. The van der Waals surface area contributed by atoms with E-state index >= 15 is 0 Å². The van der Waals surface area contributed by atoms with Crippen molar-refractivity contribution in [2.24, 2.45) is 0 Å². The summed E-state index contributed by atoms with van der Waals surface area (Å²) >= 11 is 0. The number of H-pyrrole nitrogens is 1. The zero-order valence-corrected chi connectivity index (χ0v) is 14.2. The number of pyridine rings is 1. The fourth-order valence-corrected chi connectivity index (χ4v) is 2.90. The van der Waals surface area contributed by atoms with Crippen LogP contribution in [0.1, 0.15) is 30.1 Å². The van der Waals surface area contributed by atoms with Crippen molar-refractivity contribution < 1.29 is 14.3 Å². The van der Waals surface area contributed by atoms with Gasteiger partial charge in [0.25, 0.3) is 5.91 Å². The molecule has 6 nitrogen and oxygen atoms in total. The maximum atomic E-state index is 12.5. The molecule has 2 heterocycles. The number of carbonyl (C=O) groups is 1. The minimum atomic E-state index is -0.211. The molecule has 1 aromatic carbocycles. The maximum absolute atomic E-state index is 12.5. The van der Waals surface area contributed by atoms with Crippen LogP contribution in [-0.2, 0) is 0 Å². The molecule has 1 amide bonds. The number of hydrogen-bond acceptors (Lipinski definition) is 4. The SMILES string of the molecule is CCOc1ccccc1OC1CCN(C(=O)c2ccc(=O)[nH]c2)CC1. The summed E-state index contributed by atoms with van der Waals surface area (Å²) in [6.07, 6.45) is 3.04. The molecule has 0 bridgehead atoms. The van der Waals surface area contributed by atoms with Crippen molar-refractivity contribution in [3.63, 3.8) is 0 Å². The first kappa shape index (κ1) is 17.1. The van der Waals surface area contributed by atoms with Crippen LogP contribution in [0.5, 0.6) is 11.5 Å². The topological polar surface area (TPSA) is 71.6 Å². The lowest BCUT2D eigenvalue weighted by atomic mass is 10.1. The van der Waals surface area contributed by atoms with Crippen LogP contribution in [0.15, 0.2) is 47.4 Å². The van der Waals surface area contributed by atoms with Crippen LogP contribution < -0.4 is 15.0 Å². The van der Waals surface area contributed by atoms with E-state index in [-0.39, 0.29) is 17.6 Å². The van der Waals surface area contributed by atoms with E-state index in [1.165, 1.54) is 12.3 Å². The van der Waals surface area contributed by atoms with Gasteiger partial charge in [0.15, 0.2) is 11.5 Å². The molecule has 1 aliphatic rings. The van der Waals surface area contributed by atoms with Crippen LogP contribution in [0.3, 0.4) is 0 Å². The largest absolute Gasteiger partial charge is 0.490 e. The molecular weight excluding hydrogens is 320 g/mol. The number of nitrogens with one attached hydrogen (secondary N) is 1. The van der Waals surface area contributed by atoms with Gasteiger partial charge in [-0.05, 0) is 25.1 Å². The summed E-state index contributed by atoms with van der Waals surface area (Å²) in [7, 11) is 0. The fraction of sp³-hybridized carbons (Fsp3) is 0.368. The van der Waals surface area contributed by atoms with E-state index in [2.05, 4.69) is 4.98 Å². The smallest absolute Gasteiger partial charge is 0.255 e. The van der Waals surface area contributed by atoms with Crippen molar-refractivity contribution in [2.45, 2.75) is 25.9 Å². The molecule has 6 heteroatoms. The van der Waals surface area contributed by atoms with E-state index in [0.29, 0.717) is 25.3 Å². The van der Waals surface area contributed by atoms with E-state index in [9.17, 15) is 9.59 Å². The predicted molar refractivity (Wildman–Crippen MR) is 94.2 cm³/mol. The lowest BCUT2D eigenvalue weighted by molar-refractivity contribution is 0.0589. The Balaban J connectivity index is 1.58. The molecule has 2 aromatic rings. The zero-order chi connectivity index (χ0) is 17.6. The van der Waals surface area contributed by atoms with Gasteiger partial charge in [0, 0.05) is 38.2 Å². The number of rotatable bonds is 5. The first-order valence-electron chi connectivity index (χ1n) is 8.54. The fourth-order valence-electron chi connectivity index (χ4n) is 2.90. The molecule has 1 aromatic heterocycles. The lowest BCUT2D eigenvalue weighted by Crippen LogP contribution is -2.42. The van der Waals surface area contributed by atoms with Gasteiger partial charge < -0.3 is 19.4 Å². The average molecular weight is 342 g/mol. The second-order valence-corrected chi connectivity index (χ2v) is 5.93. The van der Waals surface area contributed by atoms with Crippen LogP contribution in [0.2, 0.25) is 0 Å². The Morgan fingerprint density at radius 3 is 2.52 bits per heavy atom. The summed E-state index contributed by atoms with van der Waals surface area (Å²) in [6, 6.07) is 10.6. The van der Waals surface area contributed by atoms with Gasteiger partial charge in [0.2, 0.25) is 5.56 Å². The van der Waals surface area contributed by atoms with Crippen molar-refractivity contribution in [1.29, 1.82) is 0 Å². The van der Waals surface area contributed by atoms with E-state index in [1.54, 1.807) is 11.0 Å². The van der Waals surface area contributed by atoms with E-state index < -0.39 is 0 Å². The van der Waals surface area contributed by atoms with Crippen LogP contribution >= 0.6 is 0 Å². The molecule has 3 rings (SSSR count). The summed E-state index contributed by atoms with van der Waals surface area (Å²) < 4.78 is 11.7. The van der Waals surface area contributed by atoms with Crippen molar-refractivity contribution in [3.05, 3.63) is 58.5 Å². The van der Waals surface area contributed by atoms with E-state index in [4.69, 9.17) is 9.47 Å². The first-order valence-corrected chi connectivity index (χ1v) is 8.54. The molecule has 1 saturated heterocycles. The van der Waals surface area contributed by atoms with Crippen LogP contribution in [0.25, 0.3) is 0 Å². The summed E-state index contributed by atoms with van der Waals surface area (Å²) in [4.78, 5) is 27.9. The number of amides is 1. The molecular formula is C19H22N2O4. The van der Waals surface area contributed by atoms with Crippen LogP contribution in [-0.4, -0.2) is 41.6 Å². The second kappa shape index (κ2) is 7.88. The quantitative estimate of drug-likeness (QED) is 0.906. The highest BCUT2D eigenvalue weighted by atomic mass is 16.5. The summed E-state index contributed by atoms with van der Waals surface area (Å²) in [5.74, 6) is 1.43. The van der Waals surface area contributed by atoms with Gasteiger partial charge in [-0.15, -0.1) is 0 Å². The Bertz CT molecular complexity index is 758. The zero-order valence-electron chi connectivity index (χ0n) is 14.2.